The summed E-state index contributed by atoms with van der Waals surface area (Å²) in [6.45, 7) is 4.07. The lowest BCUT2D eigenvalue weighted by molar-refractivity contribution is 0.471. The smallest absolute Gasteiger partial charge is 0.174 e. The van der Waals surface area contributed by atoms with Crippen molar-refractivity contribution < 1.29 is 9.84 Å². The van der Waals surface area contributed by atoms with Gasteiger partial charge in [-0.3, -0.25) is 4.98 Å². The van der Waals surface area contributed by atoms with Crippen LogP contribution in [0, 0.1) is 13.8 Å². The molecule has 0 unspecified atom stereocenters. The number of benzene rings is 3. The quantitative estimate of drug-likeness (QED) is 0.204. The molecule has 0 aliphatic carbocycles. The zero-order valence-electron chi connectivity index (χ0n) is 22.0. The lowest BCUT2D eigenvalue weighted by atomic mass is 9.96. The van der Waals surface area contributed by atoms with Gasteiger partial charge >= 0.3 is 0 Å². The highest BCUT2D eigenvalue weighted by molar-refractivity contribution is 7.80. The molecular weight excluding hydrogens is 540 g/mol. The number of aromatic hydroxyl groups is 1. The molecule has 0 saturated carbocycles. The van der Waals surface area contributed by atoms with Gasteiger partial charge in [0.25, 0.3) is 0 Å². The summed E-state index contributed by atoms with van der Waals surface area (Å²) in [7, 11) is 0. The van der Waals surface area contributed by atoms with Gasteiger partial charge in [0.05, 0.1) is 23.5 Å². The molecule has 0 spiro atoms. The van der Waals surface area contributed by atoms with Gasteiger partial charge in [-0.1, -0.05) is 35.9 Å². The fourth-order valence-electron chi connectivity index (χ4n) is 5.38. The number of hydrogen-bond donors (Lipinski definition) is 2. The van der Waals surface area contributed by atoms with E-state index in [1.165, 1.54) is 0 Å². The Labute approximate surface area is 243 Å². The number of hydrogen-bond acceptors (Lipinski definition) is 4. The lowest BCUT2D eigenvalue weighted by Crippen LogP contribution is -2.29. The largest absolute Gasteiger partial charge is 0.506 e. The first-order valence-electron chi connectivity index (χ1n) is 12.9. The van der Waals surface area contributed by atoms with Gasteiger partial charge in [0.2, 0.25) is 0 Å². The third kappa shape index (κ3) is 4.78. The molecule has 0 bridgehead atoms. The van der Waals surface area contributed by atoms with E-state index < -0.39 is 0 Å². The van der Waals surface area contributed by atoms with E-state index in [9.17, 15) is 5.11 Å². The normalized spacial score (nSPS) is 16.7. The third-order valence-electron chi connectivity index (χ3n) is 7.16. The molecule has 40 heavy (non-hydrogen) atoms. The number of aromatic nitrogens is 2. The van der Waals surface area contributed by atoms with Gasteiger partial charge < -0.3 is 24.6 Å². The number of anilines is 1. The number of rotatable bonds is 6. The number of phenols is 1. The van der Waals surface area contributed by atoms with Crippen LogP contribution in [0.3, 0.4) is 0 Å². The number of phenolic OH excluding ortho intramolecular Hbond substituents is 1. The van der Waals surface area contributed by atoms with Crippen LogP contribution in [0.4, 0.5) is 5.69 Å². The van der Waals surface area contributed by atoms with Gasteiger partial charge in [0, 0.05) is 28.3 Å². The Kier molecular flexibility index (Phi) is 6.92. The van der Waals surface area contributed by atoms with Gasteiger partial charge in [-0.25, -0.2) is 0 Å². The lowest BCUT2D eigenvalue weighted by Gasteiger charge is -2.28. The molecule has 1 fully saturated rings. The number of nitrogens with one attached hydrogen (secondary N) is 1. The summed E-state index contributed by atoms with van der Waals surface area (Å²) in [6.07, 6.45) is 1.79. The molecule has 1 aliphatic rings. The maximum absolute atomic E-state index is 10.7. The SMILES string of the molecule is Cc1cc([C@H]2[C@H](c3ccccn3)NC(=S)N2c2ccc(Oc3ccccc3)cc2)c(C)n1-c1cc(Cl)ccc1O. The molecule has 6 rings (SSSR count). The van der Waals surface area contributed by atoms with E-state index in [0.29, 0.717) is 15.8 Å². The molecule has 0 radical (unpaired) electrons. The Morgan fingerprint density at radius 3 is 2.35 bits per heavy atom. The molecule has 2 aromatic heterocycles. The van der Waals surface area contributed by atoms with Crippen LogP contribution in [0.5, 0.6) is 17.2 Å². The van der Waals surface area contributed by atoms with Crippen molar-refractivity contribution in [2.24, 2.45) is 0 Å². The molecule has 3 heterocycles. The maximum Gasteiger partial charge on any atom is 0.174 e. The average molecular weight is 567 g/mol. The van der Waals surface area contributed by atoms with Crippen LogP contribution < -0.4 is 15.0 Å². The topological polar surface area (TPSA) is 62.5 Å². The minimum atomic E-state index is -0.204. The summed E-state index contributed by atoms with van der Waals surface area (Å²) < 4.78 is 8.05. The third-order valence-corrected chi connectivity index (χ3v) is 7.71. The minimum absolute atomic E-state index is 0.157. The molecular formula is C32H27ClN4O2S. The number of halogens is 1. The number of aryl methyl sites for hydroxylation is 1. The Hall–Kier alpha value is -4.33. The Morgan fingerprint density at radius 2 is 1.62 bits per heavy atom. The first-order chi connectivity index (χ1) is 19.4. The fraction of sp³-hybridized carbons (Fsp3) is 0.125. The fourth-order valence-corrected chi connectivity index (χ4v) is 5.89. The van der Waals surface area contributed by atoms with E-state index in [2.05, 4.69) is 28.2 Å². The molecule has 1 saturated heterocycles. The van der Waals surface area contributed by atoms with Crippen molar-refractivity contribution in [3.05, 3.63) is 131 Å². The first-order valence-corrected chi connectivity index (χ1v) is 13.7. The number of pyridine rings is 1. The highest BCUT2D eigenvalue weighted by Crippen LogP contribution is 2.44. The molecule has 8 heteroatoms. The standard InChI is InChI=1S/C32H27ClN4O2S/c1-20-18-26(21(2)36(20)28-19-22(33)11-16-29(28)38)31-30(27-10-6-7-17-34-27)35-32(40)37(31)23-12-14-25(15-13-23)39-24-8-4-3-5-9-24/h3-19,30-31,38H,1-2H3,(H,35,40)/t30-,31-/m0/s1. The second-order valence-electron chi connectivity index (χ2n) is 9.70. The van der Waals surface area contributed by atoms with Crippen LogP contribution >= 0.6 is 23.8 Å². The van der Waals surface area contributed by atoms with Gasteiger partial charge in [-0.15, -0.1) is 0 Å². The van der Waals surface area contributed by atoms with E-state index in [1.54, 1.807) is 24.4 Å². The molecule has 5 aromatic rings. The summed E-state index contributed by atoms with van der Waals surface area (Å²) in [5.74, 6) is 1.67. The van der Waals surface area contributed by atoms with Gasteiger partial charge in [0.15, 0.2) is 5.11 Å². The minimum Gasteiger partial charge on any atom is -0.506 e. The van der Waals surface area contributed by atoms with E-state index in [0.717, 1.165) is 39.8 Å². The number of ether oxygens (including phenoxy) is 1. The number of thiocarbonyl (C=S) groups is 1. The molecule has 3 aromatic carbocycles. The van der Waals surface area contributed by atoms with Crippen molar-refractivity contribution in [1.82, 2.24) is 14.9 Å². The highest BCUT2D eigenvalue weighted by Gasteiger charge is 2.42. The van der Waals surface area contributed by atoms with Gasteiger partial charge in [0.1, 0.15) is 17.2 Å². The van der Waals surface area contributed by atoms with Gasteiger partial charge in [-0.2, -0.15) is 0 Å². The van der Waals surface area contributed by atoms with Crippen LogP contribution in [-0.2, 0) is 0 Å². The van der Waals surface area contributed by atoms with Crippen LogP contribution in [-0.4, -0.2) is 19.8 Å². The summed E-state index contributed by atoms with van der Waals surface area (Å²) in [5, 5.41) is 15.4. The van der Waals surface area contributed by atoms with E-state index in [-0.39, 0.29) is 17.8 Å². The van der Waals surface area contributed by atoms with Crippen molar-refractivity contribution in [3.8, 4) is 22.9 Å². The van der Waals surface area contributed by atoms with Crippen LogP contribution in [0.2, 0.25) is 5.02 Å². The Balaban J connectivity index is 1.44. The van der Waals surface area contributed by atoms with Crippen molar-refractivity contribution >= 4 is 34.6 Å². The molecule has 2 N–H and O–H groups in total. The van der Waals surface area contributed by atoms with Crippen LogP contribution in [0.1, 0.15) is 34.7 Å². The molecule has 6 nitrogen and oxygen atoms in total. The zero-order valence-corrected chi connectivity index (χ0v) is 23.5. The first kappa shape index (κ1) is 25.9. The predicted molar refractivity (Wildman–Crippen MR) is 163 cm³/mol. The predicted octanol–water partition coefficient (Wildman–Crippen LogP) is 7.82. The van der Waals surface area contributed by atoms with Crippen molar-refractivity contribution in [2.75, 3.05) is 4.90 Å². The van der Waals surface area contributed by atoms with E-state index in [1.807, 2.05) is 84.3 Å². The second-order valence-corrected chi connectivity index (χ2v) is 10.5. The second kappa shape index (κ2) is 10.7. The molecule has 1 aliphatic heterocycles. The summed E-state index contributed by atoms with van der Waals surface area (Å²) in [4.78, 5) is 6.80. The van der Waals surface area contributed by atoms with E-state index in [4.69, 9.17) is 28.6 Å². The highest BCUT2D eigenvalue weighted by atomic mass is 35.5. The van der Waals surface area contributed by atoms with Crippen molar-refractivity contribution in [1.29, 1.82) is 0 Å². The van der Waals surface area contributed by atoms with Crippen LogP contribution in [0.15, 0.2) is 103 Å². The summed E-state index contributed by atoms with van der Waals surface area (Å²) >= 11 is 12.2. The zero-order chi connectivity index (χ0) is 27.8. The summed E-state index contributed by atoms with van der Waals surface area (Å²) in [6, 6.07) is 30.3. The maximum atomic E-state index is 10.7. The van der Waals surface area contributed by atoms with Gasteiger partial charge in [-0.05, 0) is 104 Å². The number of nitrogens with zero attached hydrogens (tertiary/aromatic N) is 3. The van der Waals surface area contributed by atoms with Crippen LogP contribution in [0.25, 0.3) is 5.69 Å². The Morgan fingerprint density at radius 1 is 0.900 bits per heavy atom. The molecule has 200 valence electrons. The molecule has 2 atom stereocenters. The monoisotopic (exact) mass is 566 g/mol. The van der Waals surface area contributed by atoms with E-state index >= 15 is 0 Å². The van der Waals surface area contributed by atoms with Crippen molar-refractivity contribution in [2.45, 2.75) is 25.9 Å². The number of para-hydroxylation sites is 1. The molecule has 0 amide bonds. The summed E-state index contributed by atoms with van der Waals surface area (Å²) in [5.41, 5.74) is 5.44. The van der Waals surface area contributed by atoms with Crippen molar-refractivity contribution in [3.63, 3.8) is 0 Å². The average Bonchev–Trinajstić information content (AvgIpc) is 3.46. The Bertz CT molecular complexity index is 1670.